The van der Waals surface area contributed by atoms with Gasteiger partial charge in [0.25, 0.3) is 0 Å². The molecule has 0 radical (unpaired) electrons. The molecular formula is C10H10F3NO4. The smallest absolute Gasteiger partial charge is 0.411 e. The monoisotopic (exact) mass is 265 g/mol. The van der Waals surface area contributed by atoms with Gasteiger partial charge in [-0.15, -0.1) is 0 Å². The number of aryl methyl sites for hydroxylation is 1. The standard InChI is InChI=1S/C10H10F3NO4/c1-6-2-3-7(8(14-6)9(15)16)18-5-17-4-10(11,12)13/h2-3H,4-5H2,1H3,(H,15,16). The number of aromatic nitrogens is 1. The average Bonchev–Trinajstić information content (AvgIpc) is 2.24. The lowest BCUT2D eigenvalue weighted by atomic mass is 10.3. The van der Waals surface area contributed by atoms with Gasteiger partial charge in [-0.1, -0.05) is 0 Å². The molecular weight excluding hydrogens is 255 g/mol. The lowest BCUT2D eigenvalue weighted by Crippen LogP contribution is -2.19. The van der Waals surface area contributed by atoms with E-state index in [-0.39, 0.29) is 11.4 Å². The van der Waals surface area contributed by atoms with Crippen molar-refractivity contribution in [2.24, 2.45) is 0 Å². The summed E-state index contributed by atoms with van der Waals surface area (Å²) in [6.45, 7) is -0.588. The van der Waals surface area contributed by atoms with Gasteiger partial charge in [0.2, 0.25) is 0 Å². The predicted octanol–water partition coefficient (Wildman–Crippen LogP) is 2.00. The molecule has 0 spiro atoms. The number of alkyl halides is 3. The first-order chi connectivity index (χ1) is 8.29. The minimum atomic E-state index is -4.45. The van der Waals surface area contributed by atoms with Crippen molar-refractivity contribution < 1.29 is 32.5 Å². The molecule has 5 nitrogen and oxygen atoms in total. The summed E-state index contributed by atoms with van der Waals surface area (Å²) < 4.78 is 44.2. The van der Waals surface area contributed by atoms with Crippen LogP contribution in [-0.2, 0) is 4.74 Å². The molecule has 0 unspecified atom stereocenters. The van der Waals surface area contributed by atoms with Gasteiger partial charge in [-0.3, -0.25) is 0 Å². The van der Waals surface area contributed by atoms with Crippen LogP contribution in [0.2, 0.25) is 0 Å². The number of carboxylic acid groups (broad SMARTS) is 1. The predicted molar refractivity (Wildman–Crippen MR) is 53.4 cm³/mol. The molecule has 0 atom stereocenters. The molecule has 0 saturated heterocycles. The Kier molecular flexibility index (Phi) is 4.49. The molecule has 100 valence electrons. The summed E-state index contributed by atoms with van der Waals surface area (Å²) in [5, 5.41) is 8.81. The van der Waals surface area contributed by atoms with Crippen molar-refractivity contribution in [2.75, 3.05) is 13.4 Å². The Morgan fingerprint density at radius 2 is 2.11 bits per heavy atom. The van der Waals surface area contributed by atoms with Crippen LogP contribution in [0.25, 0.3) is 0 Å². The second kappa shape index (κ2) is 5.67. The minimum absolute atomic E-state index is 0.143. The Morgan fingerprint density at radius 3 is 2.67 bits per heavy atom. The summed E-state index contributed by atoms with van der Waals surface area (Å²) in [7, 11) is 0. The van der Waals surface area contributed by atoms with Crippen LogP contribution in [0.4, 0.5) is 13.2 Å². The average molecular weight is 265 g/mol. The van der Waals surface area contributed by atoms with Crippen molar-refractivity contribution in [3.63, 3.8) is 0 Å². The highest BCUT2D eigenvalue weighted by Crippen LogP contribution is 2.18. The van der Waals surface area contributed by atoms with Crippen LogP contribution in [0.3, 0.4) is 0 Å². The van der Waals surface area contributed by atoms with Crippen molar-refractivity contribution in [1.29, 1.82) is 0 Å². The molecule has 0 aliphatic rings. The Balaban J connectivity index is 2.59. The number of rotatable bonds is 5. The molecule has 0 fully saturated rings. The number of aromatic carboxylic acids is 1. The number of carbonyl (C=O) groups is 1. The van der Waals surface area contributed by atoms with Gasteiger partial charge in [0.15, 0.2) is 18.2 Å². The normalized spacial score (nSPS) is 11.3. The van der Waals surface area contributed by atoms with E-state index >= 15 is 0 Å². The molecule has 18 heavy (non-hydrogen) atoms. The zero-order valence-electron chi connectivity index (χ0n) is 9.32. The van der Waals surface area contributed by atoms with Crippen LogP contribution in [0.1, 0.15) is 16.2 Å². The molecule has 1 aromatic rings. The van der Waals surface area contributed by atoms with Crippen molar-refractivity contribution >= 4 is 5.97 Å². The van der Waals surface area contributed by atoms with Crippen LogP contribution < -0.4 is 4.74 Å². The highest BCUT2D eigenvalue weighted by atomic mass is 19.4. The minimum Gasteiger partial charge on any atom is -0.476 e. The molecule has 0 aliphatic heterocycles. The molecule has 1 rings (SSSR count). The fourth-order valence-corrected chi connectivity index (χ4v) is 1.08. The Morgan fingerprint density at radius 1 is 1.44 bits per heavy atom. The zero-order valence-corrected chi connectivity index (χ0v) is 9.32. The molecule has 0 aromatic carbocycles. The third-order valence-corrected chi connectivity index (χ3v) is 1.76. The Labute approximate surface area is 100 Å². The van der Waals surface area contributed by atoms with Crippen LogP contribution in [0, 0.1) is 6.92 Å². The maximum Gasteiger partial charge on any atom is 0.411 e. The molecule has 0 bridgehead atoms. The van der Waals surface area contributed by atoms with E-state index in [1.54, 1.807) is 6.92 Å². The van der Waals surface area contributed by atoms with E-state index in [4.69, 9.17) is 9.84 Å². The summed E-state index contributed by atoms with van der Waals surface area (Å²) >= 11 is 0. The topological polar surface area (TPSA) is 68.7 Å². The summed E-state index contributed by atoms with van der Waals surface area (Å²) in [5.41, 5.74) is 0.0848. The molecule has 0 amide bonds. The van der Waals surface area contributed by atoms with Crippen molar-refractivity contribution in [2.45, 2.75) is 13.1 Å². The first-order valence-corrected chi connectivity index (χ1v) is 4.78. The lowest BCUT2D eigenvalue weighted by molar-refractivity contribution is -0.186. The number of hydrogen-bond acceptors (Lipinski definition) is 4. The first kappa shape index (κ1) is 14.2. The van der Waals surface area contributed by atoms with Crippen LogP contribution >= 0.6 is 0 Å². The third-order valence-electron chi connectivity index (χ3n) is 1.76. The van der Waals surface area contributed by atoms with E-state index in [1.807, 2.05) is 0 Å². The molecule has 8 heteroatoms. The number of nitrogens with zero attached hydrogens (tertiary/aromatic N) is 1. The number of ether oxygens (including phenoxy) is 2. The lowest BCUT2D eigenvalue weighted by Gasteiger charge is -2.10. The Bertz CT molecular complexity index is 434. The van der Waals surface area contributed by atoms with Crippen LogP contribution in [0.15, 0.2) is 12.1 Å². The molecule has 0 aliphatic carbocycles. The van der Waals surface area contributed by atoms with Gasteiger partial charge in [-0.2, -0.15) is 13.2 Å². The second-order valence-electron chi connectivity index (χ2n) is 3.33. The summed E-state index contributed by atoms with van der Waals surface area (Å²) in [6, 6.07) is 2.79. The van der Waals surface area contributed by atoms with Gasteiger partial charge in [0.1, 0.15) is 6.61 Å². The largest absolute Gasteiger partial charge is 0.476 e. The SMILES string of the molecule is Cc1ccc(OCOCC(F)(F)F)c(C(=O)O)n1. The molecule has 1 aromatic heterocycles. The fourth-order valence-electron chi connectivity index (χ4n) is 1.08. The summed E-state index contributed by atoms with van der Waals surface area (Å²) in [5.74, 6) is -1.47. The summed E-state index contributed by atoms with van der Waals surface area (Å²) in [6.07, 6.45) is -4.45. The summed E-state index contributed by atoms with van der Waals surface area (Å²) in [4.78, 5) is 14.5. The van der Waals surface area contributed by atoms with E-state index in [0.717, 1.165) is 0 Å². The van der Waals surface area contributed by atoms with Crippen molar-refractivity contribution in [3.05, 3.63) is 23.5 Å². The van der Waals surface area contributed by atoms with Gasteiger partial charge >= 0.3 is 12.1 Å². The van der Waals surface area contributed by atoms with E-state index in [1.165, 1.54) is 12.1 Å². The van der Waals surface area contributed by atoms with E-state index < -0.39 is 25.5 Å². The zero-order chi connectivity index (χ0) is 13.8. The first-order valence-electron chi connectivity index (χ1n) is 4.78. The Hall–Kier alpha value is -1.83. The molecule has 1 heterocycles. The van der Waals surface area contributed by atoms with Gasteiger partial charge < -0.3 is 14.6 Å². The van der Waals surface area contributed by atoms with Crippen LogP contribution in [0.5, 0.6) is 5.75 Å². The van der Waals surface area contributed by atoms with Crippen molar-refractivity contribution in [3.8, 4) is 5.75 Å². The van der Waals surface area contributed by atoms with Crippen LogP contribution in [-0.4, -0.2) is 35.6 Å². The van der Waals surface area contributed by atoms with Gasteiger partial charge in [-0.25, -0.2) is 9.78 Å². The van der Waals surface area contributed by atoms with Crippen molar-refractivity contribution in [1.82, 2.24) is 4.98 Å². The van der Waals surface area contributed by atoms with E-state index in [0.29, 0.717) is 5.69 Å². The highest BCUT2D eigenvalue weighted by molar-refractivity contribution is 5.88. The van der Waals surface area contributed by atoms with E-state index in [2.05, 4.69) is 9.72 Å². The number of carboxylic acids is 1. The third kappa shape index (κ3) is 4.58. The number of hydrogen-bond donors (Lipinski definition) is 1. The van der Waals surface area contributed by atoms with Gasteiger partial charge in [0, 0.05) is 5.69 Å². The maximum atomic E-state index is 11.8. The van der Waals surface area contributed by atoms with E-state index in [9.17, 15) is 18.0 Å². The molecule has 1 N–H and O–H groups in total. The van der Waals surface area contributed by atoms with Gasteiger partial charge in [-0.05, 0) is 19.1 Å². The molecule has 0 saturated carbocycles. The number of halogens is 3. The second-order valence-corrected chi connectivity index (χ2v) is 3.33. The highest BCUT2D eigenvalue weighted by Gasteiger charge is 2.27. The number of pyridine rings is 1. The fraction of sp³-hybridized carbons (Fsp3) is 0.400. The van der Waals surface area contributed by atoms with Gasteiger partial charge in [0.05, 0.1) is 0 Å². The maximum absolute atomic E-state index is 11.8. The quantitative estimate of drug-likeness (QED) is 0.651.